The van der Waals surface area contributed by atoms with Crippen molar-refractivity contribution in [2.24, 2.45) is 5.92 Å². The van der Waals surface area contributed by atoms with Gasteiger partial charge in [-0.2, -0.15) is 5.10 Å². The number of rotatable bonds is 2. The summed E-state index contributed by atoms with van der Waals surface area (Å²) in [5, 5.41) is 12.7. The zero-order chi connectivity index (χ0) is 10.1. The van der Waals surface area contributed by atoms with Crippen LogP contribution in [0, 0.1) is 5.92 Å². The molecular formula is C9H13N3O2. The van der Waals surface area contributed by atoms with E-state index in [-0.39, 0.29) is 6.42 Å². The minimum Gasteiger partial charge on any atom is -0.481 e. The monoisotopic (exact) mass is 195 g/mol. The molecule has 0 spiro atoms. The predicted octanol–water partition coefficient (Wildman–Crippen LogP) is 0.487. The lowest BCUT2D eigenvalue weighted by atomic mass is 10.0. The largest absolute Gasteiger partial charge is 0.481 e. The van der Waals surface area contributed by atoms with Gasteiger partial charge in [0.05, 0.1) is 0 Å². The fourth-order valence-corrected chi connectivity index (χ4v) is 1.72. The Morgan fingerprint density at radius 1 is 1.71 bits per heavy atom. The summed E-state index contributed by atoms with van der Waals surface area (Å²) >= 11 is 0. The summed E-state index contributed by atoms with van der Waals surface area (Å²) < 4.78 is 1.83. The first-order valence-corrected chi connectivity index (χ1v) is 4.79. The van der Waals surface area contributed by atoms with Crippen LogP contribution in [0.15, 0.2) is 0 Å². The van der Waals surface area contributed by atoms with Gasteiger partial charge < -0.3 is 5.11 Å². The molecule has 2 rings (SSSR count). The van der Waals surface area contributed by atoms with Crippen LogP contribution in [-0.4, -0.2) is 25.8 Å². The number of hydrogen-bond acceptors (Lipinski definition) is 3. The van der Waals surface area contributed by atoms with E-state index in [2.05, 4.69) is 17.0 Å². The molecule has 2 heterocycles. The van der Waals surface area contributed by atoms with Gasteiger partial charge in [-0.3, -0.25) is 4.79 Å². The second kappa shape index (κ2) is 3.40. The Morgan fingerprint density at radius 2 is 2.50 bits per heavy atom. The summed E-state index contributed by atoms with van der Waals surface area (Å²) in [6.07, 6.45) is 1.93. The molecule has 1 N–H and O–H groups in total. The van der Waals surface area contributed by atoms with Gasteiger partial charge in [-0.15, -0.1) is 0 Å². The van der Waals surface area contributed by atoms with Gasteiger partial charge in [0, 0.05) is 13.0 Å². The number of carbonyl (C=O) groups is 1. The molecule has 0 amide bonds. The van der Waals surface area contributed by atoms with E-state index in [9.17, 15) is 4.79 Å². The molecule has 0 aliphatic carbocycles. The molecule has 76 valence electrons. The summed E-state index contributed by atoms with van der Waals surface area (Å²) in [7, 11) is 0. The van der Waals surface area contributed by atoms with Crippen molar-refractivity contribution in [3.05, 3.63) is 11.6 Å². The van der Waals surface area contributed by atoms with Gasteiger partial charge in [-0.1, -0.05) is 6.92 Å². The van der Waals surface area contributed by atoms with Crippen molar-refractivity contribution in [2.75, 3.05) is 0 Å². The van der Waals surface area contributed by atoms with Crippen LogP contribution in [-0.2, 0) is 24.2 Å². The summed E-state index contributed by atoms with van der Waals surface area (Å²) in [4.78, 5) is 14.7. The fourth-order valence-electron chi connectivity index (χ4n) is 1.72. The first-order valence-electron chi connectivity index (χ1n) is 4.79. The number of aliphatic carboxylic acids is 1. The minimum absolute atomic E-state index is 0.0750. The first-order chi connectivity index (χ1) is 6.65. The normalized spacial score (nSPS) is 20.5. The van der Waals surface area contributed by atoms with Gasteiger partial charge >= 0.3 is 5.97 Å². The van der Waals surface area contributed by atoms with Crippen LogP contribution in [0.4, 0.5) is 0 Å². The topological polar surface area (TPSA) is 68.0 Å². The molecule has 1 aromatic heterocycles. The average Bonchev–Trinajstić information content (AvgIpc) is 2.44. The Bertz CT molecular complexity index is 359. The van der Waals surface area contributed by atoms with Gasteiger partial charge in [0.25, 0.3) is 0 Å². The zero-order valence-electron chi connectivity index (χ0n) is 8.10. The predicted molar refractivity (Wildman–Crippen MR) is 48.8 cm³/mol. The number of aromatic nitrogens is 3. The maximum atomic E-state index is 10.5. The number of carboxylic acid groups (broad SMARTS) is 1. The molecule has 14 heavy (non-hydrogen) atoms. The molecule has 0 fully saturated rings. The minimum atomic E-state index is -0.874. The van der Waals surface area contributed by atoms with E-state index in [4.69, 9.17) is 5.11 Å². The molecule has 5 nitrogen and oxygen atoms in total. The Balaban J connectivity index is 2.19. The smallest absolute Gasteiger partial charge is 0.311 e. The molecule has 1 aliphatic rings. The van der Waals surface area contributed by atoms with E-state index in [1.807, 2.05) is 4.68 Å². The van der Waals surface area contributed by atoms with Crippen LogP contribution in [0.25, 0.3) is 0 Å². The van der Waals surface area contributed by atoms with Crippen LogP contribution in [0.1, 0.15) is 25.0 Å². The Morgan fingerprint density at radius 3 is 3.21 bits per heavy atom. The van der Waals surface area contributed by atoms with Crippen LogP contribution in [0.3, 0.4) is 0 Å². The van der Waals surface area contributed by atoms with Crippen molar-refractivity contribution >= 4 is 5.97 Å². The molecule has 0 radical (unpaired) electrons. The van der Waals surface area contributed by atoms with Crippen LogP contribution < -0.4 is 0 Å². The number of aryl methyl sites for hydroxylation is 1. The third-order valence-electron chi connectivity index (χ3n) is 2.47. The van der Waals surface area contributed by atoms with Crippen molar-refractivity contribution in [2.45, 2.75) is 32.7 Å². The number of carboxylic acids is 1. The van der Waals surface area contributed by atoms with Gasteiger partial charge in [-0.05, 0) is 12.3 Å². The summed E-state index contributed by atoms with van der Waals surface area (Å²) in [5.74, 6) is 1.12. The summed E-state index contributed by atoms with van der Waals surface area (Å²) in [6.45, 7) is 3.04. The highest BCUT2D eigenvalue weighted by molar-refractivity contribution is 5.68. The standard InChI is InChI=1S/C9H13N3O2/c1-6-2-3-12-8(4-6)10-7(11-12)5-9(13)14/h6H,2-5H2,1H3,(H,13,14). The molecule has 0 saturated carbocycles. The van der Waals surface area contributed by atoms with Gasteiger partial charge in [-0.25, -0.2) is 9.67 Å². The van der Waals surface area contributed by atoms with Crippen molar-refractivity contribution < 1.29 is 9.90 Å². The first kappa shape index (κ1) is 9.18. The maximum absolute atomic E-state index is 10.5. The number of hydrogen-bond donors (Lipinski definition) is 1. The third kappa shape index (κ3) is 1.76. The lowest BCUT2D eigenvalue weighted by Crippen LogP contribution is -2.18. The van der Waals surface area contributed by atoms with Gasteiger partial charge in [0.1, 0.15) is 12.2 Å². The average molecular weight is 195 g/mol. The van der Waals surface area contributed by atoms with Crippen molar-refractivity contribution in [3.8, 4) is 0 Å². The van der Waals surface area contributed by atoms with Gasteiger partial charge in [0.15, 0.2) is 5.82 Å². The Kier molecular flexibility index (Phi) is 2.23. The van der Waals surface area contributed by atoms with Crippen molar-refractivity contribution in [3.63, 3.8) is 0 Å². The van der Waals surface area contributed by atoms with E-state index in [0.717, 1.165) is 25.2 Å². The second-order valence-electron chi connectivity index (χ2n) is 3.84. The lowest BCUT2D eigenvalue weighted by molar-refractivity contribution is -0.136. The lowest BCUT2D eigenvalue weighted by Gasteiger charge is -2.17. The molecule has 1 aromatic rings. The molecule has 1 aliphatic heterocycles. The third-order valence-corrected chi connectivity index (χ3v) is 2.47. The molecule has 0 aromatic carbocycles. The zero-order valence-corrected chi connectivity index (χ0v) is 8.10. The molecule has 1 unspecified atom stereocenters. The van der Waals surface area contributed by atoms with Crippen molar-refractivity contribution in [1.29, 1.82) is 0 Å². The molecule has 5 heteroatoms. The quantitative estimate of drug-likeness (QED) is 0.745. The maximum Gasteiger partial charge on any atom is 0.311 e. The molecule has 0 bridgehead atoms. The SMILES string of the molecule is CC1CCn2nc(CC(=O)O)nc2C1. The number of nitrogens with zero attached hydrogens (tertiary/aromatic N) is 3. The highest BCUT2D eigenvalue weighted by Crippen LogP contribution is 2.17. The number of fused-ring (bicyclic) bond motifs is 1. The Hall–Kier alpha value is -1.39. The van der Waals surface area contributed by atoms with Crippen LogP contribution in [0.5, 0.6) is 0 Å². The van der Waals surface area contributed by atoms with E-state index < -0.39 is 5.97 Å². The highest BCUT2D eigenvalue weighted by Gasteiger charge is 2.19. The van der Waals surface area contributed by atoms with Crippen LogP contribution in [0.2, 0.25) is 0 Å². The second-order valence-corrected chi connectivity index (χ2v) is 3.84. The molecular weight excluding hydrogens is 182 g/mol. The van der Waals surface area contributed by atoms with Crippen LogP contribution >= 0.6 is 0 Å². The summed E-state index contributed by atoms with van der Waals surface area (Å²) in [5.41, 5.74) is 0. The van der Waals surface area contributed by atoms with Crippen molar-refractivity contribution in [1.82, 2.24) is 14.8 Å². The van der Waals surface area contributed by atoms with E-state index in [1.54, 1.807) is 0 Å². The molecule has 1 atom stereocenters. The molecule has 0 saturated heterocycles. The van der Waals surface area contributed by atoms with Gasteiger partial charge in [0.2, 0.25) is 0 Å². The van der Waals surface area contributed by atoms with E-state index in [0.29, 0.717) is 11.7 Å². The summed E-state index contributed by atoms with van der Waals surface area (Å²) in [6, 6.07) is 0. The van der Waals surface area contributed by atoms with E-state index in [1.165, 1.54) is 0 Å². The highest BCUT2D eigenvalue weighted by atomic mass is 16.4. The van der Waals surface area contributed by atoms with E-state index >= 15 is 0 Å². The fraction of sp³-hybridized carbons (Fsp3) is 0.667. The Labute approximate surface area is 81.8 Å².